The topological polar surface area (TPSA) is 33.2 Å². The van der Waals surface area contributed by atoms with Crippen LogP contribution < -0.4 is 4.90 Å². The predicted octanol–water partition coefficient (Wildman–Crippen LogP) is 4.07. The number of carbonyl (C=O) groups excluding carboxylic acids is 1. The number of hydrogen-bond acceptors (Lipinski definition) is 3. The molecule has 0 spiro atoms. The number of hydrogen-bond donors (Lipinski definition) is 0. The maximum Gasteiger partial charge on any atom is 0.159 e. The summed E-state index contributed by atoms with van der Waals surface area (Å²) in [6.45, 7) is 5.40. The van der Waals surface area contributed by atoms with Gasteiger partial charge in [0.05, 0.1) is 5.69 Å². The molecule has 0 saturated carbocycles. The van der Waals surface area contributed by atoms with Crippen LogP contribution in [-0.4, -0.2) is 17.3 Å². The maximum atomic E-state index is 11.4. The number of halogens is 1. The summed E-state index contributed by atoms with van der Waals surface area (Å²) in [5.74, 6) is 0.0782. The largest absolute Gasteiger partial charge is 0.367 e. The summed E-state index contributed by atoms with van der Waals surface area (Å²) >= 11 is 3.56. The van der Waals surface area contributed by atoms with Gasteiger partial charge < -0.3 is 4.90 Å². The third-order valence-corrected chi connectivity index (χ3v) is 3.83. The van der Waals surface area contributed by atoms with E-state index in [4.69, 9.17) is 0 Å². The lowest BCUT2D eigenvalue weighted by molar-refractivity contribution is 0.101. The fraction of sp³-hybridized carbons (Fsp3) is 0.250. The Balaban J connectivity index is 2.26. The molecule has 1 heterocycles. The normalized spacial score (nSPS) is 10.3. The molecule has 0 atom stereocenters. The van der Waals surface area contributed by atoms with Crippen LogP contribution in [0, 0.1) is 0 Å². The Morgan fingerprint density at radius 3 is 2.50 bits per heavy atom. The van der Waals surface area contributed by atoms with Crippen LogP contribution in [0.1, 0.15) is 29.8 Å². The molecular weight excluding hydrogens is 316 g/mol. The highest BCUT2D eigenvalue weighted by molar-refractivity contribution is 9.10. The molecule has 0 unspecified atom stereocenters. The number of carbonyl (C=O) groups is 1. The average molecular weight is 333 g/mol. The number of ketones is 1. The lowest BCUT2D eigenvalue weighted by atomic mass is 10.1. The van der Waals surface area contributed by atoms with Crippen LogP contribution in [0.15, 0.2) is 47.2 Å². The number of pyridine rings is 1. The van der Waals surface area contributed by atoms with Crippen molar-refractivity contribution in [1.29, 1.82) is 0 Å². The molecule has 1 aromatic carbocycles. The van der Waals surface area contributed by atoms with Crippen molar-refractivity contribution in [1.82, 2.24) is 4.98 Å². The van der Waals surface area contributed by atoms with Crippen LogP contribution in [-0.2, 0) is 6.54 Å². The molecule has 4 heteroatoms. The van der Waals surface area contributed by atoms with Crippen molar-refractivity contribution < 1.29 is 4.79 Å². The Morgan fingerprint density at radius 2 is 1.95 bits per heavy atom. The second-order valence-electron chi connectivity index (χ2n) is 4.59. The van der Waals surface area contributed by atoms with E-state index >= 15 is 0 Å². The summed E-state index contributed by atoms with van der Waals surface area (Å²) in [5.41, 5.74) is 3.03. The van der Waals surface area contributed by atoms with Gasteiger partial charge in [0.25, 0.3) is 0 Å². The average Bonchev–Trinajstić information content (AvgIpc) is 2.46. The molecule has 2 aromatic rings. The van der Waals surface area contributed by atoms with E-state index in [-0.39, 0.29) is 5.78 Å². The number of rotatable bonds is 5. The third-order valence-electron chi connectivity index (χ3n) is 3.20. The zero-order chi connectivity index (χ0) is 14.5. The summed E-state index contributed by atoms with van der Waals surface area (Å²) in [7, 11) is 0. The van der Waals surface area contributed by atoms with Crippen LogP contribution in [0.25, 0.3) is 0 Å². The molecule has 0 N–H and O–H groups in total. The predicted molar refractivity (Wildman–Crippen MR) is 85.1 cm³/mol. The van der Waals surface area contributed by atoms with E-state index in [1.807, 2.05) is 30.3 Å². The standard InChI is InChI=1S/C16H17BrN2O/c1-3-19(11-13-6-8-18-9-7-13)16-5-4-14(12(2)20)10-15(16)17/h4-10H,3,11H2,1-2H3. The molecule has 0 aliphatic carbocycles. The molecule has 0 fully saturated rings. The Bertz CT molecular complexity index is 599. The first-order valence-electron chi connectivity index (χ1n) is 6.56. The van der Waals surface area contributed by atoms with Gasteiger partial charge in [-0.3, -0.25) is 9.78 Å². The zero-order valence-corrected chi connectivity index (χ0v) is 13.2. The minimum absolute atomic E-state index is 0.0782. The van der Waals surface area contributed by atoms with Crippen molar-refractivity contribution in [2.24, 2.45) is 0 Å². The van der Waals surface area contributed by atoms with Gasteiger partial charge in [0.2, 0.25) is 0 Å². The monoisotopic (exact) mass is 332 g/mol. The summed E-state index contributed by atoms with van der Waals surface area (Å²) in [6, 6.07) is 9.77. The Morgan fingerprint density at radius 1 is 1.25 bits per heavy atom. The van der Waals surface area contributed by atoms with Crippen LogP contribution in [0.3, 0.4) is 0 Å². The fourth-order valence-electron chi connectivity index (χ4n) is 2.06. The smallest absolute Gasteiger partial charge is 0.159 e. The van der Waals surface area contributed by atoms with Gasteiger partial charge in [0, 0.05) is 35.5 Å². The number of benzene rings is 1. The molecule has 20 heavy (non-hydrogen) atoms. The van der Waals surface area contributed by atoms with Gasteiger partial charge in [-0.2, -0.15) is 0 Å². The molecule has 3 nitrogen and oxygen atoms in total. The lowest BCUT2D eigenvalue weighted by Crippen LogP contribution is -2.22. The van der Waals surface area contributed by atoms with E-state index in [0.717, 1.165) is 28.8 Å². The highest BCUT2D eigenvalue weighted by Gasteiger charge is 2.11. The van der Waals surface area contributed by atoms with Gasteiger partial charge >= 0.3 is 0 Å². The van der Waals surface area contributed by atoms with Crippen LogP contribution in [0.2, 0.25) is 0 Å². The summed E-state index contributed by atoms with van der Waals surface area (Å²) in [6.07, 6.45) is 3.61. The quantitative estimate of drug-likeness (QED) is 0.773. The molecule has 0 radical (unpaired) electrons. The van der Waals surface area contributed by atoms with Crippen molar-refractivity contribution in [2.75, 3.05) is 11.4 Å². The first-order chi connectivity index (χ1) is 9.61. The van der Waals surface area contributed by atoms with Crippen molar-refractivity contribution in [3.8, 4) is 0 Å². The molecular formula is C16H17BrN2O. The van der Waals surface area contributed by atoms with Gasteiger partial charge in [0.1, 0.15) is 0 Å². The first kappa shape index (κ1) is 14.7. The Kier molecular flexibility index (Phi) is 4.90. The van der Waals surface area contributed by atoms with Gasteiger partial charge in [-0.1, -0.05) is 0 Å². The molecule has 0 bridgehead atoms. The lowest BCUT2D eigenvalue weighted by Gasteiger charge is -2.24. The van der Waals surface area contributed by atoms with Crippen LogP contribution in [0.4, 0.5) is 5.69 Å². The summed E-state index contributed by atoms with van der Waals surface area (Å²) in [4.78, 5) is 17.7. The SMILES string of the molecule is CCN(Cc1ccncc1)c1ccc(C(C)=O)cc1Br. The Labute approximate surface area is 127 Å². The molecule has 0 aliphatic heterocycles. The van der Waals surface area contributed by atoms with E-state index in [0.29, 0.717) is 0 Å². The summed E-state index contributed by atoms with van der Waals surface area (Å²) < 4.78 is 0.945. The van der Waals surface area contributed by atoms with Gasteiger partial charge in [-0.15, -0.1) is 0 Å². The molecule has 2 rings (SSSR count). The van der Waals surface area contributed by atoms with E-state index in [2.05, 4.69) is 32.7 Å². The number of Topliss-reactive ketones (excluding diaryl/α,β-unsaturated/α-hetero) is 1. The Hall–Kier alpha value is -1.68. The van der Waals surface area contributed by atoms with E-state index in [1.165, 1.54) is 5.56 Å². The number of nitrogens with zero attached hydrogens (tertiary/aromatic N) is 2. The van der Waals surface area contributed by atoms with Gasteiger partial charge in [-0.05, 0) is 65.7 Å². The second-order valence-corrected chi connectivity index (χ2v) is 5.45. The molecule has 1 aromatic heterocycles. The van der Waals surface area contributed by atoms with E-state index in [9.17, 15) is 4.79 Å². The molecule has 0 aliphatic rings. The van der Waals surface area contributed by atoms with E-state index < -0.39 is 0 Å². The van der Waals surface area contributed by atoms with Crippen LogP contribution in [0.5, 0.6) is 0 Å². The van der Waals surface area contributed by atoms with Crippen molar-refractivity contribution in [3.05, 3.63) is 58.3 Å². The number of anilines is 1. The molecule has 104 valence electrons. The molecule has 0 saturated heterocycles. The van der Waals surface area contributed by atoms with E-state index in [1.54, 1.807) is 19.3 Å². The summed E-state index contributed by atoms with van der Waals surface area (Å²) in [5, 5.41) is 0. The van der Waals surface area contributed by atoms with Crippen molar-refractivity contribution in [2.45, 2.75) is 20.4 Å². The maximum absolute atomic E-state index is 11.4. The first-order valence-corrected chi connectivity index (χ1v) is 7.35. The molecule has 0 amide bonds. The minimum atomic E-state index is 0.0782. The third kappa shape index (κ3) is 3.45. The van der Waals surface area contributed by atoms with Crippen molar-refractivity contribution in [3.63, 3.8) is 0 Å². The van der Waals surface area contributed by atoms with Gasteiger partial charge in [0.15, 0.2) is 5.78 Å². The minimum Gasteiger partial charge on any atom is -0.367 e. The fourth-order valence-corrected chi connectivity index (χ4v) is 2.69. The van der Waals surface area contributed by atoms with Gasteiger partial charge in [-0.25, -0.2) is 0 Å². The van der Waals surface area contributed by atoms with Crippen molar-refractivity contribution >= 4 is 27.4 Å². The highest BCUT2D eigenvalue weighted by Crippen LogP contribution is 2.28. The highest BCUT2D eigenvalue weighted by atomic mass is 79.9. The zero-order valence-electron chi connectivity index (χ0n) is 11.6. The number of aromatic nitrogens is 1. The second kappa shape index (κ2) is 6.66. The van der Waals surface area contributed by atoms with Crippen LogP contribution >= 0.6 is 15.9 Å².